The van der Waals surface area contributed by atoms with E-state index in [4.69, 9.17) is 14.2 Å². The van der Waals surface area contributed by atoms with Gasteiger partial charge < -0.3 is 24.1 Å². The van der Waals surface area contributed by atoms with Gasteiger partial charge in [0.1, 0.15) is 29.1 Å². The number of hydrogen-bond donors (Lipinski definition) is 1. The highest BCUT2D eigenvalue weighted by atomic mass is 32.2. The molecule has 0 aromatic carbocycles. The average molecular weight is 423 g/mol. The van der Waals surface area contributed by atoms with E-state index in [0.717, 1.165) is 28.9 Å². The number of thioether (sulfide) groups is 1. The molecule has 29 heavy (non-hydrogen) atoms. The van der Waals surface area contributed by atoms with Gasteiger partial charge in [0, 0.05) is 36.6 Å². The summed E-state index contributed by atoms with van der Waals surface area (Å²) in [6.07, 6.45) is 5.88. The molecule has 162 valence electrons. The summed E-state index contributed by atoms with van der Waals surface area (Å²) in [6.45, 7) is 14.3. The van der Waals surface area contributed by atoms with Gasteiger partial charge in [-0.3, -0.25) is 0 Å². The maximum Gasteiger partial charge on any atom is 0.242 e. The van der Waals surface area contributed by atoms with Crippen molar-refractivity contribution in [1.82, 2.24) is 19.9 Å². The number of ether oxygens (including phenoxy) is 3. The molecule has 3 rings (SSSR count). The highest BCUT2D eigenvalue weighted by Gasteiger charge is 2.37. The molecule has 1 aliphatic heterocycles. The van der Waals surface area contributed by atoms with Crippen LogP contribution in [0.5, 0.6) is 5.88 Å². The molecule has 1 aliphatic rings. The van der Waals surface area contributed by atoms with Crippen LogP contribution in [-0.4, -0.2) is 56.7 Å². The summed E-state index contributed by atoms with van der Waals surface area (Å²) in [4.78, 5) is 8.98. The minimum absolute atomic E-state index is 0.0337. The Bertz CT molecular complexity index is 831. The van der Waals surface area contributed by atoms with Crippen LogP contribution in [0.1, 0.15) is 47.1 Å². The van der Waals surface area contributed by atoms with E-state index in [2.05, 4.69) is 39.2 Å². The fourth-order valence-corrected chi connectivity index (χ4v) is 4.24. The molecule has 2 aromatic heterocycles. The number of aryl methyl sites for hydroxylation is 1. The number of nitrogens with zero attached hydrogens (tertiary/aromatic N) is 3. The van der Waals surface area contributed by atoms with Crippen molar-refractivity contribution in [3.8, 4) is 5.88 Å². The van der Waals surface area contributed by atoms with Gasteiger partial charge in [-0.15, -0.1) is 0 Å². The summed E-state index contributed by atoms with van der Waals surface area (Å²) in [6, 6.07) is 0.193. The molecule has 1 N–H and O–H groups in total. The highest BCUT2D eigenvalue weighted by Crippen LogP contribution is 2.29. The second-order valence-corrected chi connectivity index (χ2v) is 9.75. The monoisotopic (exact) mass is 422 g/mol. The third kappa shape index (κ3) is 5.42. The van der Waals surface area contributed by atoms with E-state index in [1.54, 1.807) is 18.1 Å². The van der Waals surface area contributed by atoms with Crippen LogP contribution in [0.3, 0.4) is 0 Å². The molecular formula is C21H34N4O3S. The van der Waals surface area contributed by atoms with E-state index in [1.165, 1.54) is 0 Å². The molecule has 1 fully saturated rings. The maximum absolute atomic E-state index is 6.11. The topological polar surface area (TPSA) is 70.4 Å². The zero-order valence-electron chi connectivity index (χ0n) is 18.6. The Labute approximate surface area is 177 Å². The number of hydrogen-bond acceptors (Lipinski definition) is 7. The van der Waals surface area contributed by atoms with E-state index in [1.807, 2.05) is 34.6 Å². The van der Waals surface area contributed by atoms with Crippen LogP contribution in [0.2, 0.25) is 0 Å². The standard InChI is InChI=1S/C21H34N4O3S/c1-8-25-10-14(17-18(25)19(24-13-23-17)28-20(2,3)4)9-22-15(12-29-7)16-11-26-21(5,6)27-16/h10,13,15-16,22H,8-9,11-12H2,1-7H3/t15-,16+/m0/s1. The van der Waals surface area contributed by atoms with Crippen molar-refractivity contribution < 1.29 is 14.2 Å². The molecule has 0 radical (unpaired) electrons. The number of aromatic nitrogens is 3. The van der Waals surface area contributed by atoms with Gasteiger partial charge in [0.05, 0.1) is 6.61 Å². The zero-order chi connectivity index (χ0) is 21.2. The van der Waals surface area contributed by atoms with E-state index in [0.29, 0.717) is 19.0 Å². The van der Waals surface area contributed by atoms with Crippen molar-refractivity contribution >= 4 is 22.8 Å². The quantitative estimate of drug-likeness (QED) is 0.697. The fraction of sp³-hybridized carbons (Fsp3) is 0.714. The second-order valence-electron chi connectivity index (χ2n) is 8.84. The Hall–Kier alpha value is -1.35. The number of fused-ring (bicyclic) bond motifs is 1. The SMILES string of the molecule is CCn1cc(CN[C@@H](CSC)[C@H]2COC(C)(C)O2)c2ncnc(OC(C)(C)C)c21. The molecule has 0 saturated carbocycles. The van der Waals surface area contributed by atoms with Gasteiger partial charge in [-0.25, -0.2) is 4.98 Å². The van der Waals surface area contributed by atoms with Gasteiger partial charge >= 0.3 is 0 Å². The van der Waals surface area contributed by atoms with Crippen LogP contribution in [0, 0.1) is 0 Å². The van der Waals surface area contributed by atoms with Crippen LogP contribution in [0.25, 0.3) is 11.0 Å². The van der Waals surface area contributed by atoms with Crippen LogP contribution < -0.4 is 10.1 Å². The van der Waals surface area contributed by atoms with Gasteiger partial charge in [-0.2, -0.15) is 16.7 Å². The van der Waals surface area contributed by atoms with Crippen LogP contribution in [-0.2, 0) is 22.6 Å². The summed E-state index contributed by atoms with van der Waals surface area (Å²) in [5.41, 5.74) is 2.69. The van der Waals surface area contributed by atoms with Crippen molar-refractivity contribution in [2.45, 2.75) is 78.2 Å². The first kappa shape index (κ1) is 22.3. The molecule has 7 nitrogen and oxygen atoms in total. The van der Waals surface area contributed by atoms with Crippen LogP contribution >= 0.6 is 11.8 Å². The molecule has 0 bridgehead atoms. The third-order valence-corrected chi connectivity index (χ3v) is 5.51. The third-order valence-electron chi connectivity index (χ3n) is 4.82. The Kier molecular flexibility index (Phi) is 6.77. The fourth-order valence-electron chi connectivity index (χ4n) is 3.55. The molecule has 3 heterocycles. The molecule has 0 unspecified atom stereocenters. The maximum atomic E-state index is 6.11. The Morgan fingerprint density at radius 3 is 2.72 bits per heavy atom. The predicted octanol–water partition coefficient (Wildman–Crippen LogP) is 3.60. The Morgan fingerprint density at radius 2 is 2.14 bits per heavy atom. The highest BCUT2D eigenvalue weighted by molar-refractivity contribution is 7.98. The summed E-state index contributed by atoms with van der Waals surface area (Å²) in [7, 11) is 0. The largest absolute Gasteiger partial charge is 0.470 e. The molecule has 1 saturated heterocycles. The van der Waals surface area contributed by atoms with Gasteiger partial charge in [0.25, 0.3) is 0 Å². The molecule has 2 aromatic rings. The summed E-state index contributed by atoms with van der Waals surface area (Å²) in [5.74, 6) is 1.06. The van der Waals surface area contributed by atoms with E-state index >= 15 is 0 Å². The van der Waals surface area contributed by atoms with Crippen molar-refractivity contribution in [3.05, 3.63) is 18.1 Å². The van der Waals surface area contributed by atoms with Crippen LogP contribution in [0.15, 0.2) is 12.5 Å². The summed E-state index contributed by atoms with van der Waals surface area (Å²) >= 11 is 1.81. The lowest BCUT2D eigenvalue weighted by Gasteiger charge is -2.24. The van der Waals surface area contributed by atoms with Gasteiger partial charge in [0.15, 0.2) is 5.79 Å². The molecule has 0 amide bonds. The molecule has 2 atom stereocenters. The minimum atomic E-state index is -0.520. The first-order valence-corrected chi connectivity index (χ1v) is 11.6. The normalized spacial score (nSPS) is 20.3. The van der Waals surface area contributed by atoms with Crippen molar-refractivity contribution in [1.29, 1.82) is 0 Å². The van der Waals surface area contributed by atoms with E-state index < -0.39 is 5.79 Å². The predicted molar refractivity (Wildman–Crippen MR) is 117 cm³/mol. The summed E-state index contributed by atoms with van der Waals surface area (Å²) < 4.78 is 20.1. The lowest BCUT2D eigenvalue weighted by atomic mass is 10.2. The second kappa shape index (κ2) is 8.79. The van der Waals surface area contributed by atoms with E-state index in [9.17, 15) is 0 Å². The van der Waals surface area contributed by atoms with Crippen molar-refractivity contribution in [2.24, 2.45) is 0 Å². The van der Waals surface area contributed by atoms with Gasteiger partial charge in [-0.05, 0) is 47.8 Å². The van der Waals surface area contributed by atoms with Gasteiger partial charge in [0.2, 0.25) is 5.88 Å². The number of nitrogens with one attached hydrogen (secondary N) is 1. The average Bonchev–Trinajstić information content (AvgIpc) is 3.18. The molecule has 8 heteroatoms. The molecular weight excluding hydrogens is 388 g/mol. The van der Waals surface area contributed by atoms with Gasteiger partial charge in [-0.1, -0.05) is 0 Å². The Morgan fingerprint density at radius 1 is 1.38 bits per heavy atom. The smallest absolute Gasteiger partial charge is 0.242 e. The van der Waals surface area contributed by atoms with Crippen LogP contribution in [0.4, 0.5) is 0 Å². The van der Waals surface area contributed by atoms with Crippen molar-refractivity contribution in [2.75, 3.05) is 18.6 Å². The zero-order valence-corrected chi connectivity index (χ0v) is 19.4. The Balaban J connectivity index is 1.83. The lowest BCUT2D eigenvalue weighted by molar-refractivity contribution is -0.141. The first-order chi connectivity index (χ1) is 13.6. The lowest BCUT2D eigenvalue weighted by Crippen LogP contribution is -2.43. The molecule has 0 aliphatic carbocycles. The van der Waals surface area contributed by atoms with E-state index in [-0.39, 0.29) is 17.7 Å². The van der Waals surface area contributed by atoms with Crippen molar-refractivity contribution in [3.63, 3.8) is 0 Å². The number of rotatable bonds is 8. The minimum Gasteiger partial charge on any atom is -0.470 e. The molecule has 0 spiro atoms. The summed E-state index contributed by atoms with van der Waals surface area (Å²) in [5, 5.41) is 3.67. The first-order valence-electron chi connectivity index (χ1n) is 10.2.